The highest BCUT2D eigenvalue weighted by atomic mass is 79.9. The maximum absolute atomic E-state index is 12.0. The molecule has 0 bridgehead atoms. The molecule has 0 N–H and O–H groups in total. The van der Waals surface area contributed by atoms with Crippen molar-refractivity contribution in [1.29, 1.82) is 0 Å². The van der Waals surface area contributed by atoms with Gasteiger partial charge in [0.05, 0.1) is 7.11 Å². The molecule has 0 atom stereocenters. The molecule has 1 heterocycles. The number of aromatic nitrogens is 1. The van der Waals surface area contributed by atoms with Crippen LogP contribution in [0, 0.1) is 0 Å². The van der Waals surface area contributed by atoms with Gasteiger partial charge in [-0.2, -0.15) is 5.06 Å². The summed E-state index contributed by atoms with van der Waals surface area (Å²) in [5.41, 5.74) is 1.40. The highest BCUT2D eigenvalue weighted by Crippen LogP contribution is 2.20. The van der Waals surface area contributed by atoms with Crippen molar-refractivity contribution in [1.82, 2.24) is 10.0 Å². The van der Waals surface area contributed by atoms with Gasteiger partial charge in [-0.05, 0) is 17.7 Å². The lowest BCUT2D eigenvalue weighted by atomic mass is 10.2. The summed E-state index contributed by atoms with van der Waals surface area (Å²) in [7, 11) is 1.23. The van der Waals surface area contributed by atoms with Crippen LogP contribution in [-0.2, 0) is 25.8 Å². The fraction of sp³-hybridized carbons (Fsp3) is 0.118. The average Bonchev–Trinajstić information content (AvgIpc) is 2.63. The number of halogens is 1. The third-order valence-corrected chi connectivity index (χ3v) is 3.75. The molecule has 7 heteroatoms. The zero-order valence-electron chi connectivity index (χ0n) is 12.9. The van der Waals surface area contributed by atoms with Gasteiger partial charge in [-0.25, -0.2) is 4.79 Å². The molecule has 2 aromatic rings. The van der Waals surface area contributed by atoms with Crippen molar-refractivity contribution in [3.63, 3.8) is 0 Å². The van der Waals surface area contributed by atoms with Crippen molar-refractivity contribution in [3.05, 3.63) is 70.1 Å². The lowest BCUT2D eigenvalue weighted by Gasteiger charge is -2.18. The lowest BCUT2D eigenvalue weighted by molar-refractivity contribution is -0.172. The number of carbonyl (C=O) groups is 2. The Hall–Kier alpha value is -2.51. The van der Waals surface area contributed by atoms with Crippen molar-refractivity contribution >= 4 is 34.4 Å². The predicted octanol–water partition coefficient (Wildman–Crippen LogP) is 2.95. The van der Waals surface area contributed by atoms with Crippen molar-refractivity contribution < 1.29 is 19.2 Å². The molecule has 0 aliphatic heterocycles. The maximum Gasteiger partial charge on any atom is 0.357 e. The zero-order valence-corrected chi connectivity index (χ0v) is 14.5. The van der Waals surface area contributed by atoms with Crippen molar-refractivity contribution in [2.24, 2.45) is 0 Å². The van der Waals surface area contributed by atoms with Gasteiger partial charge in [0.25, 0.3) is 0 Å². The number of pyridine rings is 1. The van der Waals surface area contributed by atoms with Gasteiger partial charge in [-0.15, -0.1) is 0 Å². The molecule has 0 unspecified atom stereocenters. The Morgan fingerprint density at radius 2 is 2.04 bits per heavy atom. The molecule has 1 amide bonds. The summed E-state index contributed by atoms with van der Waals surface area (Å²) in [5, 5.41) is 0.846. The van der Waals surface area contributed by atoms with Gasteiger partial charge in [-0.3, -0.25) is 14.6 Å². The van der Waals surface area contributed by atoms with E-state index in [4.69, 9.17) is 9.57 Å². The Balaban J connectivity index is 2.26. The summed E-state index contributed by atoms with van der Waals surface area (Å²) in [6.07, 6.45) is 5.02. The van der Waals surface area contributed by atoms with E-state index in [1.807, 2.05) is 30.3 Å². The molecular weight excluding hydrogens is 376 g/mol. The number of hydroxylamine groups is 2. The smallest absolute Gasteiger partial charge is 0.357 e. The number of rotatable bonds is 7. The lowest BCUT2D eigenvalue weighted by Crippen LogP contribution is -2.27. The Bertz CT molecular complexity index is 734. The summed E-state index contributed by atoms with van der Waals surface area (Å²) < 4.78 is 5.45. The third kappa shape index (κ3) is 4.74. The Morgan fingerprint density at radius 3 is 2.67 bits per heavy atom. The number of amides is 1. The predicted molar refractivity (Wildman–Crippen MR) is 91.1 cm³/mol. The number of hydrogen-bond acceptors (Lipinski definition) is 5. The average molecular weight is 391 g/mol. The SMILES string of the molecule is COC(=O)/C(=C/c1cnccc1Br)N(C=O)OCc1ccccc1. The van der Waals surface area contributed by atoms with E-state index in [2.05, 4.69) is 20.9 Å². The van der Waals surface area contributed by atoms with Gasteiger partial charge in [0, 0.05) is 22.4 Å². The van der Waals surface area contributed by atoms with E-state index in [1.54, 1.807) is 18.5 Å². The fourth-order valence-corrected chi connectivity index (χ4v) is 2.17. The normalized spacial score (nSPS) is 11.0. The van der Waals surface area contributed by atoms with Crippen LogP contribution in [0.3, 0.4) is 0 Å². The van der Waals surface area contributed by atoms with E-state index in [0.29, 0.717) is 16.4 Å². The van der Waals surface area contributed by atoms with E-state index in [1.165, 1.54) is 13.2 Å². The second-order valence-corrected chi connectivity index (χ2v) is 5.46. The zero-order chi connectivity index (χ0) is 17.4. The second kappa shape index (κ2) is 8.95. The fourth-order valence-electron chi connectivity index (χ4n) is 1.84. The number of carbonyl (C=O) groups excluding carboxylic acids is 2. The Morgan fingerprint density at radius 1 is 1.29 bits per heavy atom. The van der Waals surface area contributed by atoms with Gasteiger partial charge in [0.1, 0.15) is 6.61 Å². The minimum absolute atomic E-state index is 0.0582. The summed E-state index contributed by atoms with van der Waals surface area (Å²) >= 11 is 3.36. The van der Waals surface area contributed by atoms with E-state index >= 15 is 0 Å². The number of hydrogen-bond donors (Lipinski definition) is 0. The van der Waals surface area contributed by atoms with Crippen LogP contribution in [0.5, 0.6) is 0 Å². The van der Waals surface area contributed by atoms with Gasteiger partial charge < -0.3 is 4.74 Å². The van der Waals surface area contributed by atoms with Crippen LogP contribution in [0.2, 0.25) is 0 Å². The summed E-state index contributed by atoms with van der Waals surface area (Å²) in [5.74, 6) is -0.703. The van der Waals surface area contributed by atoms with Crippen LogP contribution in [0.25, 0.3) is 6.08 Å². The van der Waals surface area contributed by atoms with Crippen LogP contribution in [0.15, 0.2) is 59.0 Å². The molecule has 0 aliphatic rings. The monoisotopic (exact) mass is 390 g/mol. The minimum Gasteiger partial charge on any atom is -0.464 e. The number of methoxy groups -OCH3 is 1. The molecule has 6 nitrogen and oxygen atoms in total. The first-order valence-corrected chi connectivity index (χ1v) is 7.76. The molecule has 1 aromatic heterocycles. The van der Waals surface area contributed by atoms with Crippen LogP contribution >= 0.6 is 15.9 Å². The summed E-state index contributed by atoms with van der Waals surface area (Å²) in [4.78, 5) is 32.8. The molecule has 2 rings (SSSR count). The van der Waals surface area contributed by atoms with E-state index < -0.39 is 5.97 Å². The van der Waals surface area contributed by atoms with Crippen LogP contribution in [0.4, 0.5) is 0 Å². The van der Waals surface area contributed by atoms with Gasteiger partial charge >= 0.3 is 5.97 Å². The van der Waals surface area contributed by atoms with Crippen molar-refractivity contribution in [2.45, 2.75) is 6.61 Å². The van der Waals surface area contributed by atoms with E-state index in [0.717, 1.165) is 10.6 Å². The van der Waals surface area contributed by atoms with Gasteiger partial charge in [-0.1, -0.05) is 46.3 Å². The molecule has 124 valence electrons. The first-order valence-electron chi connectivity index (χ1n) is 6.96. The van der Waals surface area contributed by atoms with Crippen LogP contribution in [-0.4, -0.2) is 29.5 Å². The summed E-state index contributed by atoms with van der Waals surface area (Å²) in [6.45, 7) is 0.127. The molecule has 24 heavy (non-hydrogen) atoms. The Labute approximate surface area is 147 Å². The number of benzene rings is 1. The van der Waals surface area contributed by atoms with E-state index in [-0.39, 0.29) is 12.3 Å². The topological polar surface area (TPSA) is 68.7 Å². The molecule has 0 spiro atoms. The molecule has 1 aromatic carbocycles. The first kappa shape index (κ1) is 17.8. The summed E-state index contributed by atoms with van der Waals surface area (Å²) in [6, 6.07) is 11.0. The number of ether oxygens (including phenoxy) is 1. The Kier molecular flexibility index (Phi) is 6.65. The van der Waals surface area contributed by atoms with Crippen molar-refractivity contribution in [2.75, 3.05) is 7.11 Å². The molecule has 0 radical (unpaired) electrons. The number of esters is 1. The minimum atomic E-state index is -0.703. The molecule has 0 fully saturated rings. The van der Waals surface area contributed by atoms with Gasteiger partial charge in [0.2, 0.25) is 6.41 Å². The highest BCUT2D eigenvalue weighted by molar-refractivity contribution is 9.10. The van der Waals surface area contributed by atoms with E-state index in [9.17, 15) is 9.59 Å². The van der Waals surface area contributed by atoms with Crippen LogP contribution in [0.1, 0.15) is 11.1 Å². The third-order valence-electron chi connectivity index (χ3n) is 3.03. The second-order valence-electron chi connectivity index (χ2n) is 4.61. The molecular formula is C17H15BrN2O4. The largest absolute Gasteiger partial charge is 0.464 e. The highest BCUT2D eigenvalue weighted by Gasteiger charge is 2.20. The number of nitrogens with zero attached hydrogens (tertiary/aromatic N) is 2. The maximum atomic E-state index is 12.0. The first-order chi connectivity index (χ1) is 11.7. The quantitative estimate of drug-likeness (QED) is 0.314. The molecule has 0 saturated carbocycles. The van der Waals surface area contributed by atoms with Crippen LogP contribution < -0.4 is 0 Å². The molecule has 0 aliphatic carbocycles. The standard InChI is InChI=1S/C17H15BrN2O4/c1-23-17(22)16(9-14-10-19-8-7-15(14)18)20(12-21)24-11-13-5-3-2-4-6-13/h2-10,12H,11H2,1H3/b16-9-. The van der Waals surface area contributed by atoms with Gasteiger partial charge in [0.15, 0.2) is 5.70 Å². The van der Waals surface area contributed by atoms with Crippen molar-refractivity contribution in [3.8, 4) is 0 Å². The molecule has 0 saturated heterocycles.